The molecule has 3 N–H and O–H groups in total. The molecule has 0 radical (unpaired) electrons. The average molecular weight is 206 g/mol. The third-order valence-electron chi connectivity index (χ3n) is 1.54. The van der Waals surface area contributed by atoms with Crippen molar-refractivity contribution < 1.29 is 9.16 Å². The Labute approximate surface area is 83.1 Å². The highest BCUT2D eigenvalue weighted by atomic mass is 28.2. The van der Waals surface area contributed by atoms with E-state index in [2.05, 4.69) is 5.32 Å². The van der Waals surface area contributed by atoms with E-state index >= 15 is 0 Å². The highest BCUT2D eigenvalue weighted by Crippen LogP contribution is 1.80. The molecule has 80 valence electrons. The Kier molecular flexibility index (Phi) is 10.2. The Morgan fingerprint density at radius 3 is 2.85 bits per heavy atom. The lowest BCUT2D eigenvalue weighted by molar-refractivity contribution is 0.149. The van der Waals surface area contributed by atoms with E-state index in [9.17, 15) is 0 Å². The number of methoxy groups -OCH3 is 1. The lowest BCUT2D eigenvalue weighted by atomic mass is 10.4. The van der Waals surface area contributed by atoms with Crippen LogP contribution in [0.2, 0.25) is 6.04 Å². The molecule has 0 saturated carbocycles. The lowest BCUT2D eigenvalue weighted by Crippen LogP contribution is -2.32. The fourth-order valence-electron chi connectivity index (χ4n) is 0.873. The molecule has 0 rings (SSSR count). The minimum absolute atomic E-state index is 0.246. The maximum Gasteiger partial charge on any atom is 0.162 e. The van der Waals surface area contributed by atoms with Crippen LogP contribution in [0, 0.1) is 0 Å². The molecular weight excluding hydrogens is 184 g/mol. The van der Waals surface area contributed by atoms with Crippen LogP contribution in [0.4, 0.5) is 0 Å². The number of nitrogens with one attached hydrogen (secondary N) is 1. The summed E-state index contributed by atoms with van der Waals surface area (Å²) < 4.78 is 10.3. The van der Waals surface area contributed by atoms with E-state index in [1.54, 1.807) is 7.11 Å². The van der Waals surface area contributed by atoms with E-state index in [-0.39, 0.29) is 15.8 Å². The topological polar surface area (TPSA) is 56.5 Å². The lowest BCUT2D eigenvalue weighted by Gasteiger charge is -2.07. The molecule has 1 atom stereocenters. The molecule has 0 bridgehead atoms. The van der Waals surface area contributed by atoms with Crippen LogP contribution in [-0.2, 0) is 9.16 Å². The third-order valence-corrected chi connectivity index (χ3v) is 2.76. The van der Waals surface area contributed by atoms with Gasteiger partial charge in [0.2, 0.25) is 0 Å². The van der Waals surface area contributed by atoms with Gasteiger partial charge >= 0.3 is 0 Å². The molecule has 0 aliphatic heterocycles. The minimum Gasteiger partial charge on any atom is -0.422 e. The molecule has 13 heavy (non-hydrogen) atoms. The Morgan fingerprint density at radius 1 is 1.46 bits per heavy atom. The molecular formula is C8H22N2O2Si. The maximum atomic E-state index is 5.57. The van der Waals surface area contributed by atoms with Crippen LogP contribution < -0.4 is 11.1 Å². The normalized spacial score (nSPS) is 14.1. The zero-order valence-electron chi connectivity index (χ0n) is 8.71. The molecule has 0 saturated heterocycles. The van der Waals surface area contributed by atoms with E-state index in [1.165, 1.54) is 0 Å². The van der Waals surface area contributed by atoms with Gasteiger partial charge in [-0.05, 0) is 19.5 Å². The number of hydrogen-bond donors (Lipinski definition) is 2. The summed E-state index contributed by atoms with van der Waals surface area (Å²) in [6, 6.07) is 1.41. The second-order valence-corrected chi connectivity index (χ2v) is 4.66. The summed E-state index contributed by atoms with van der Waals surface area (Å²) in [5.41, 5.74) is 5.57. The predicted octanol–water partition coefficient (Wildman–Crippen LogP) is -0.912. The Morgan fingerprint density at radius 2 is 2.23 bits per heavy atom. The Bertz CT molecular complexity index is 104. The summed E-state index contributed by atoms with van der Waals surface area (Å²) in [4.78, 5) is 0. The van der Waals surface area contributed by atoms with Crippen molar-refractivity contribution in [2.45, 2.75) is 19.0 Å². The highest BCUT2D eigenvalue weighted by Gasteiger charge is 1.93. The summed E-state index contributed by atoms with van der Waals surface area (Å²) in [5, 5.41) is 3.27. The van der Waals surface area contributed by atoms with Gasteiger partial charge in [0, 0.05) is 19.7 Å². The fourth-order valence-corrected chi connectivity index (χ4v) is 1.79. The van der Waals surface area contributed by atoms with Crippen LogP contribution >= 0.6 is 0 Å². The van der Waals surface area contributed by atoms with E-state index in [1.807, 2.05) is 6.92 Å². The smallest absolute Gasteiger partial charge is 0.162 e. The average Bonchev–Trinajstić information content (AvgIpc) is 2.09. The zero-order valence-corrected chi connectivity index (χ0v) is 10.1. The SMILES string of the molecule is COCCO[SiH2]CCNCC(C)N. The van der Waals surface area contributed by atoms with Crippen LogP contribution in [-0.4, -0.2) is 49.2 Å². The summed E-state index contributed by atoms with van der Waals surface area (Å²) in [7, 11) is 1.35. The molecule has 5 heteroatoms. The van der Waals surface area contributed by atoms with E-state index in [0.29, 0.717) is 6.61 Å². The molecule has 0 aromatic rings. The van der Waals surface area contributed by atoms with Crippen molar-refractivity contribution in [3.8, 4) is 0 Å². The van der Waals surface area contributed by atoms with Crippen molar-refractivity contribution in [2.24, 2.45) is 5.73 Å². The number of nitrogens with two attached hydrogens (primary N) is 1. The second kappa shape index (κ2) is 10.1. The van der Waals surface area contributed by atoms with Gasteiger partial charge in [0.25, 0.3) is 0 Å². The van der Waals surface area contributed by atoms with Crippen molar-refractivity contribution in [3.05, 3.63) is 0 Å². The molecule has 0 heterocycles. The summed E-state index contributed by atoms with van der Waals surface area (Å²) in [6.07, 6.45) is 0. The number of hydrogen-bond acceptors (Lipinski definition) is 4. The molecule has 0 aliphatic carbocycles. The molecule has 1 unspecified atom stereocenters. The van der Waals surface area contributed by atoms with Gasteiger partial charge in [0.05, 0.1) is 13.2 Å². The van der Waals surface area contributed by atoms with Gasteiger partial charge in [-0.1, -0.05) is 0 Å². The van der Waals surface area contributed by atoms with Crippen LogP contribution in [0.5, 0.6) is 0 Å². The van der Waals surface area contributed by atoms with Gasteiger partial charge in [-0.2, -0.15) is 0 Å². The first-order valence-corrected chi connectivity index (χ1v) is 6.38. The standard InChI is InChI=1S/C8H22N2O2Si/c1-8(9)7-10-3-6-13-12-5-4-11-2/h8,10H,3-7,9,13H2,1-2H3. The summed E-state index contributed by atoms with van der Waals surface area (Å²) in [6.45, 7) is 5.38. The van der Waals surface area contributed by atoms with Crippen LogP contribution in [0.3, 0.4) is 0 Å². The predicted molar refractivity (Wildman–Crippen MR) is 57.7 cm³/mol. The van der Waals surface area contributed by atoms with Gasteiger partial charge in [-0.3, -0.25) is 0 Å². The molecule has 0 amide bonds. The third kappa shape index (κ3) is 12.1. The van der Waals surface area contributed by atoms with Gasteiger partial charge in [-0.15, -0.1) is 0 Å². The minimum atomic E-state index is -0.337. The number of ether oxygens (including phenoxy) is 1. The molecule has 0 spiro atoms. The molecule has 4 nitrogen and oxygen atoms in total. The second-order valence-electron chi connectivity index (χ2n) is 3.14. The van der Waals surface area contributed by atoms with Gasteiger partial charge < -0.3 is 20.2 Å². The molecule has 0 aromatic heterocycles. The molecule has 0 fully saturated rings. The summed E-state index contributed by atoms with van der Waals surface area (Å²) >= 11 is 0. The fraction of sp³-hybridized carbons (Fsp3) is 1.00. The van der Waals surface area contributed by atoms with Crippen molar-refractivity contribution in [1.29, 1.82) is 0 Å². The van der Waals surface area contributed by atoms with Crippen LogP contribution in [0.15, 0.2) is 0 Å². The van der Waals surface area contributed by atoms with E-state index in [4.69, 9.17) is 14.9 Å². The Balaban J connectivity index is 2.84. The quantitative estimate of drug-likeness (QED) is 0.379. The van der Waals surface area contributed by atoms with Crippen LogP contribution in [0.25, 0.3) is 0 Å². The van der Waals surface area contributed by atoms with Crippen molar-refractivity contribution in [3.63, 3.8) is 0 Å². The first kappa shape index (κ1) is 13.1. The van der Waals surface area contributed by atoms with Crippen molar-refractivity contribution in [1.82, 2.24) is 5.32 Å². The van der Waals surface area contributed by atoms with Crippen LogP contribution in [0.1, 0.15) is 6.92 Å². The summed E-state index contributed by atoms with van der Waals surface area (Å²) in [5.74, 6) is 0. The monoisotopic (exact) mass is 206 g/mol. The highest BCUT2D eigenvalue weighted by molar-refractivity contribution is 6.27. The van der Waals surface area contributed by atoms with Crippen molar-refractivity contribution >= 4 is 9.76 Å². The molecule has 0 aromatic carbocycles. The number of rotatable bonds is 9. The van der Waals surface area contributed by atoms with Gasteiger partial charge in [-0.25, -0.2) is 0 Å². The van der Waals surface area contributed by atoms with E-state index < -0.39 is 0 Å². The van der Waals surface area contributed by atoms with Crippen molar-refractivity contribution in [2.75, 3.05) is 33.4 Å². The largest absolute Gasteiger partial charge is 0.422 e. The first-order valence-electron chi connectivity index (χ1n) is 4.80. The molecule has 0 aliphatic rings. The first-order chi connectivity index (χ1) is 6.27. The van der Waals surface area contributed by atoms with Gasteiger partial charge in [0.1, 0.15) is 0 Å². The van der Waals surface area contributed by atoms with E-state index in [0.717, 1.165) is 25.7 Å². The zero-order chi connectivity index (χ0) is 9.94. The Hall–Kier alpha value is 0.0569. The maximum absolute atomic E-state index is 5.57. The van der Waals surface area contributed by atoms with Gasteiger partial charge in [0.15, 0.2) is 9.76 Å².